The normalized spacial score (nSPS) is 9.62. The summed E-state index contributed by atoms with van der Waals surface area (Å²) in [4.78, 5) is 10.2. The highest BCUT2D eigenvalue weighted by Gasteiger charge is 1.82. The highest BCUT2D eigenvalue weighted by atomic mass is 16.1. The van der Waals surface area contributed by atoms with Gasteiger partial charge in [-0.05, 0) is 6.92 Å². The van der Waals surface area contributed by atoms with Crippen LogP contribution >= 0.6 is 0 Å². The fourth-order valence-corrected chi connectivity index (χ4v) is 0.330. The molecule has 0 atom stereocenters. The SMILES string of the molecule is C=C/C=C\CC(C)=O. The molecule has 0 aromatic carbocycles. The molecule has 0 N–H and O–H groups in total. The summed E-state index contributed by atoms with van der Waals surface area (Å²) < 4.78 is 0. The molecule has 0 bridgehead atoms. The van der Waals surface area contributed by atoms with Gasteiger partial charge in [-0.1, -0.05) is 24.8 Å². The number of carbonyl (C=O) groups excluding carboxylic acids is 1. The number of allylic oxidation sites excluding steroid dienone is 3. The zero-order chi connectivity index (χ0) is 6.41. The Morgan fingerprint density at radius 1 is 1.75 bits per heavy atom. The van der Waals surface area contributed by atoms with Crippen molar-refractivity contribution in [3.8, 4) is 0 Å². The quantitative estimate of drug-likeness (QED) is 0.505. The maximum atomic E-state index is 10.2. The molecule has 0 aliphatic rings. The molecule has 1 nitrogen and oxygen atoms in total. The molecule has 8 heavy (non-hydrogen) atoms. The average Bonchev–Trinajstić information content (AvgIpc) is 1.66. The van der Waals surface area contributed by atoms with E-state index in [2.05, 4.69) is 6.58 Å². The minimum absolute atomic E-state index is 0.183. The molecule has 0 saturated carbocycles. The first-order chi connectivity index (χ1) is 3.77. The van der Waals surface area contributed by atoms with Gasteiger partial charge in [0.25, 0.3) is 0 Å². The highest BCUT2D eigenvalue weighted by Crippen LogP contribution is 1.83. The third kappa shape index (κ3) is 5.15. The van der Waals surface area contributed by atoms with Crippen molar-refractivity contribution >= 4 is 5.78 Å². The maximum absolute atomic E-state index is 10.2. The Bertz CT molecular complexity index is 112. The van der Waals surface area contributed by atoms with Gasteiger partial charge in [0.15, 0.2) is 0 Å². The highest BCUT2D eigenvalue weighted by molar-refractivity contribution is 5.76. The maximum Gasteiger partial charge on any atom is 0.133 e. The molecule has 0 rings (SSSR count). The van der Waals surface area contributed by atoms with Gasteiger partial charge in [0.1, 0.15) is 5.78 Å². The molecule has 0 aliphatic heterocycles. The molecule has 0 amide bonds. The van der Waals surface area contributed by atoms with Gasteiger partial charge in [0.2, 0.25) is 0 Å². The molecule has 0 unspecified atom stereocenters. The Labute approximate surface area is 49.7 Å². The summed E-state index contributed by atoms with van der Waals surface area (Å²) in [6.45, 7) is 5.02. The zero-order valence-corrected chi connectivity index (χ0v) is 5.05. The molecule has 0 heterocycles. The van der Waals surface area contributed by atoms with Crippen LogP contribution in [0.2, 0.25) is 0 Å². The smallest absolute Gasteiger partial charge is 0.133 e. The first-order valence-electron chi connectivity index (χ1n) is 2.54. The predicted molar refractivity (Wildman–Crippen MR) is 34.6 cm³/mol. The van der Waals surface area contributed by atoms with Crippen LogP contribution in [0.15, 0.2) is 24.8 Å². The average molecular weight is 110 g/mol. The molecule has 0 aromatic rings. The third-order valence-electron chi connectivity index (χ3n) is 0.677. The first kappa shape index (κ1) is 7.15. The van der Waals surface area contributed by atoms with Gasteiger partial charge in [-0.2, -0.15) is 0 Å². The van der Waals surface area contributed by atoms with Crippen molar-refractivity contribution in [3.05, 3.63) is 24.8 Å². The van der Waals surface area contributed by atoms with Crippen molar-refractivity contribution < 1.29 is 4.79 Å². The Hall–Kier alpha value is -0.850. The van der Waals surface area contributed by atoms with Gasteiger partial charge in [-0.25, -0.2) is 0 Å². The van der Waals surface area contributed by atoms with E-state index in [1.165, 1.54) is 0 Å². The lowest BCUT2D eigenvalue weighted by Gasteiger charge is -1.78. The minimum Gasteiger partial charge on any atom is -0.300 e. The number of rotatable bonds is 3. The second-order valence-corrected chi connectivity index (χ2v) is 1.57. The van der Waals surface area contributed by atoms with Crippen molar-refractivity contribution in [1.29, 1.82) is 0 Å². The van der Waals surface area contributed by atoms with Crippen LogP contribution in [-0.4, -0.2) is 5.78 Å². The van der Waals surface area contributed by atoms with Crippen molar-refractivity contribution in [2.24, 2.45) is 0 Å². The van der Waals surface area contributed by atoms with E-state index >= 15 is 0 Å². The van der Waals surface area contributed by atoms with Gasteiger partial charge >= 0.3 is 0 Å². The molecule has 0 aliphatic carbocycles. The summed E-state index contributed by atoms with van der Waals surface area (Å²) in [6, 6.07) is 0. The second-order valence-electron chi connectivity index (χ2n) is 1.57. The number of hydrogen-bond acceptors (Lipinski definition) is 1. The molecule has 0 saturated heterocycles. The molecular formula is C7H10O. The van der Waals surface area contributed by atoms with Gasteiger partial charge in [0, 0.05) is 6.42 Å². The fraction of sp³-hybridized carbons (Fsp3) is 0.286. The lowest BCUT2D eigenvalue weighted by molar-refractivity contribution is -0.116. The standard InChI is InChI=1S/C7H10O/c1-3-4-5-6-7(2)8/h3-5H,1,6H2,2H3/b5-4-. The number of hydrogen-bond donors (Lipinski definition) is 0. The number of carbonyl (C=O) groups is 1. The van der Waals surface area contributed by atoms with Crippen molar-refractivity contribution in [1.82, 2.24) is 0 Å². The molecular weight excluding hydrogens is 100 g/mol. The summed E-state index contributed by atoms with van der Waals surface area (Å²) >= 11 is 0. The first-order valence-corrected chi connectivity index (χ1v) is 2.54. The summed E-state index contributed by atoms with van der Waals surface area (Å²) in [5.74, 6) is 0.183. The Balaban J connectivity index is 3.29. The van der Waals surface area contributed by atoms with E-state index in [1.807, 2.05) is 0 Å². The number of ketones is 1. The minimum atomic E-state index is 0.183. The molecule has 44 valence electrons. The van der Waals surface area contributed by atoms with E-state index < -0.39 is 0 Å². The van der Waals surface area contributed by atoms with Crippen LogP contribution in [0.25, 0.3) is 0 Å². The van der Waals surface area contributed by atoms with Gasteiger partial charge in [-0.15, -0.1) is 0 Å². The Kier molecular flexibility index (Phi) is 3.85. The van der Waals surface area contributed by atoms with Crippen molar-refractivity contribution in [2.45, 2.75) is 13.3 Å². The largest absolute Gasteiger partial charge is 0.300 e. The lowest BCUT2D eigenvalue weighted by Crippen LogP contribution is -1.82. The van der Waals surface area contributed by atoms with E-state index in [0.29, 0.717) is 6.42 Å². The van der Waals surface area contributed by atoms with Crippen LogP contribution in [0.1, 0.15) is 13.3 Å². The van der Waals surface area contributed by atoms with Crippen LogP contribution in [0, 0.1) is 0 Å². The van der Waals surface area contributed by atoms with Crippen LogP contribution in [-0.2, 0) is 4.79 Å². The molecule has 0 aromatic heterocycles. The number of Topliss-reactive ketones (excluding diaryl/α,β-unsaturated/α-hetero) is 1. The Morgan fingerprint density at radius 3 is 2.75 bits per heavy atom. The van der Waals surface area contributed by atoms with Crippen LogP contribution < -0.4 is 0 Å². The monoisotopic (exact) mass is 110 g/mol. The van der Waals surface area contributed by atoms with Gasteiger partial charge < -0.3 is 0 Å². The second kappa shape index (κ2) is 4.31. The van der Waals surface area contributed by atoms with E-state index in [4.69, 9.17) is 0 Å². The zero-order valence-electron chi connectivity index (χ0n) is 5.05. The summed E-state index contributed by atoms with van der Waals surface area (Å²) in [5.41, 5.74) is 0. The van der Waals surface area contributed by atoms with Gasteiger partial charge in [0.05, 0.1) is 0 Å². The summed E-state index contributed by atoms with van der Waals surface area (Å²) in [7, 11) is 0. The lowest BCUT2D eigenvalue weighted by atomic mass is 10.3. The van der Waals surface area contributed by atoms with E-state index in [9.17, 15) is 4.79 Å². The van der Waals surface area contributed by atoms with Crippen molar-refractivity contribution in [3.63, 3.8) is 0 Å². The van der Waals surface area contributed by atoms with Crippen molar-refractivity contribution in [2.75, 3.05) is 0 Å². The third-order valence-corrected chi connectivity index (χ3v) is 0.677. The topological polar surface area (TPSA) is 17.1 Å². The summed E-state index contributed by atoms with van der Waals surface area (Å²) in [6.07, 6.45) is 5.73. The fourth-order valence-electron chi connectivity index (χ4n) is 0.330. The van der Waals surface area contributed by atoms with Gasteiger partial charge in [-0.3, -0.25) is 4.79 Å². The van der Waals surface area contributed by atoms with E-state index in [1.54, 1.807) is 25.2 Å². The van der Waals surface area contributed by atoms with Crippen LogP contribution in [0.5, 0.6) is 0 Å². The molecule has 1 heteroatoms. The Morgan fingerprint density at radius 2 is 2.38 bits per heavy atom. The van der Waals surface area contributed by atoms with Crippen LogP contribution in [0.4, 0.5) is 0 Å². The summed E-state index contributed by atoms with van der Waals surface area (Å²) in [5, 5.41) is 0. The van der Waals surface area contributed by atoms with Crippen LogP contribution in [0.3, 0.4) is 0 Å². The molecule has 0 radical (unpaired) electrons. The molecule has 0 fully saturated rings. The van der Waals surface area contributed by atoms with E-state index in [0.717, 1.165) is 0 Å². The molecule has 0 spiro atoms. The predicted octanol–water partition coefficient (Wildman–Crippen LogP) is 1.71. The van der Waals surface area contributed by atoms with E-state index in [-0.39, 0.29) is 5.78 Å².